The van der Waals surface area contributed by atoms with Gasteiger partial charge < -0.3 is 5.73 Å². The van der Waals surface area contributed by atoms with Gasteiger partial charge in [-0.15, -0.1) is 0 Å². The second-order valence-corrected chi connectivity index (χ2v) is 9.26. The number of sulfone groups is 1. The van der Waals surface area contributed by atoms with E-state index in [1.807, 2.05) is 0 Å². The van der Waals surface area contributed by atoms with Gasteiger partial charge in [-0.25, -0.2) is 8.42 Å². The first kappa shape index (κ1) is 17.1. The lowest BCUT2D eigenvalue weighted by Crippen LogP contribution is -2.23. The van der Waals surface area contributed by atoms with Crippen LogP contribution in [0.2, 0.25) is 0 Å². The smallest absolute Gasteiger partial charge is 0.148 e. The maximum atomic E-state index is 11.5. The number of hydrogen-bond acceptors (Lipinski definition) is 4. The summed E-state index contributed by atoms with van der Waals surface area (Å²) in [5.41, 5.74) is 5.76. The van der Waals surface area contributed by atoms with Crippen molar-refractivity contribution in [3.63, 3.8) is 0 Å². The Labute approximate surface area is 108 Å². The summed E-state index contributed by atoms with van der Waals surface area (Å²) in [7, 11) is -3.99. The second-order valence-electron chi connectivity index (χ2n) is 5.30. The van der Waals surface area contributed by atoms with E-state index in [9.17, 15) is 12.6 Å². The fourth-order valence-electron chi connectivity index (χ4n) is 1.32. The molecule has 0 aliphatic carbocycles. The van der Waals surface area contributed by atoms with Crippen LogP contribution in [0.1, 0.15) is 33.1 Å². The summed E-state index contributed by atoms with van der Waals surface area (Å²) in [5, 5.41) is 0. The molecule has 0 aliphatic heterocycles. The first-order chi connectivity index (χ1) is 7.66. The van der Waals surface area contributed by atoms with Gasteiger partial charge in [0.1, 0.15) is 9.84 Å². The highest BCUT2D eigenvalue weighted by Gasteiger charge is 2.14. The van der Waals surface area contributed by atoms with Crippen molar-refractivity contribution in [3.05, 3.63) is 0 Å². The van der Waals surface area contributed by atoms with Gasteiger partial charge in [-0.05, 0) is 24.8 Å². The van der Waals surface area contributed by atoms with Crippen LogP contribution in [-0.4, -0.2) is 42.7 Å². The molecule has 0 amide bonds. The fraction of sp³-hybridized carbons (Fsp3) is 1.00. The monoisotopic (exact) mass is 283 g/mol. The van der Waals surface area contributed by atoms with Crippen LogP contribution in [-0.2, 0) is 20.6 Å². The third-order valence-corrected chi connectivity index (χ3v) is 5.32. The van der Waals surface area contributed by atoms with E-state index < -0.39 is 20.6 Å². The molecule has 2 N–H and O–H groups in total. The van der Waals surface area contributed by atoms with Crippen LogP contribution in [0.3, 0.4) is 0 Å². The first-order valence-electron chi connectivity index (χ1n) is 5.89. The Morgan fingerprint density at radius 1 is 1.18 bits per heavy atom. The van der Waals surface area contributed by atoms with Gasteiger partial charge in [-0.1, -0.05) is 20.3 Å². The zero-order chi connectivity index (χ0) is 13.5. The third kappa shape index (κ3) is 10.9. The molecule has 0 heterocycles. The van der Waals surface area contributed by atoms with Crippen molar-refractivity contribution >= 4 is 20.6 Å². The Kier molecular flexibility index (Phi) is 7.51. The zero-order valence-corrected chi connectivity index (χ0v) is 12.7. The van der Waals surface area contributed by atoms with Crippen molar-refractivity contribution in [2.75, 3.05) is 30.1 Å². The van der Waals surface area contributed by atoms with Crippen LogP contribution < -0.4 is 5.73 Å². The quantitative estimate of drug-likeness (QED) is 0.639. The molecular weight excluding hydrogens is 258 g/mol. The minimum absolute atomic E-state index is 0.0217. The summed E-state index contributed by atoms with van der Waals surface area (Å²) in [6, 6.07) is 0. The van der Waals surface area contributed by atoms with Crippen molar-refractivity contribution in [2.24, 2.45) is 11.1 Å². The SMILES string of the molecule is CC(C)(CN)CCCCS(=O)CCS(C)(=O)=O. The Bertz CT molecular complexity index is 337. The first-order valence-corrected chi connectivity index (χ1v) is 9.44. The van der Waals surface area contributed by atoms with Crippen LogP contribution >= 0.6 is 0 Å². The van der Waals surface area contributed by atoms with E-state index >= 15 is 0 Å². The lowest BCUT2D eigenvalue weighted by atomic mass is 9.88. The molecule has 0 aromatic heterocycles. The maximum absolute atomic E-state index is 11.5. The van der Waals surface area contributed by atoms with Crippen LogP contribution in [0.5, 0.6) is 0 Å². The van der Waals surface area contributed by atoms with Gasteiger partial charge in [0.05, 0.1) is 5.75 Å². The maximum Gasteiger partial charge on any atom is 0.148 e. The highest BCUT2D eigenvalue weighted by atomic mass is 32.2. The van der Waals surface area contributed by atoms with Crippen molar-refractivity contribution in [3.8, 4) is 0 Å². The van der Waals surface area contributed by atoms with Gasteiger partial charge in [-0.3, -0.25) is 4.21 Å². The van der Waals surface area contributed by atoms with Gasteiger partial charge in [-0.2, -0.15) is 0 Å². The number of hydrogen-bond donors (Lipinski definition) is 1. The molecule has 1 unspecified atom stereocenters. The molecule has 17 heavy (non-hydrogen) atoms. The van der Waals surface area contributed by atoms with Crippen molar-refractivity contribution in [1.29, 1.82) is 0 Å². The van der Waals surface area contributed by atoms with E-state index in [1.54, 1.807) is 0 Å². The molecule has 0 bridgehead atoms. The number of rotatable bonds is 9. The Morgan fingerprint density at radius 3 is 2.24 bits per heavy atom. The summed E-state index contributed by atoms with van der Waals surface area (Å²) in [4.78, 5) is 0. The Balaban J connectivity index is 3.66. The van der Waals surface area contributed by atoms with E-state index in [1.165, 1.54) is 6.26 Å². The van der Waals surface area contributed by atoms with Gasteiger partial charge in [0.2, 0.25) is 0 Å². The van der Waals surface area contributed by atoms with Crippen LogP contribution in [0.4, 0.5) is 0 Å². The molecule has 1 atom stereocenters. The molecule has 0 aromatic rings. The van der Waals surface area contributed by atoms with Gasteiger partial charge >= 0.3 is 0 Å². The van der Waals surface area contributed by atoms with Crippen molar-refractivity contribution in [2.45, 2.75) is 33.1 Å². The molecule has 0 rings (SSSR count). The van der Waals surface area contributed by atoms with E-state index in [-0.39, 0.29) is 16.9 Å². The highest BCUT2D eigenvalue weighted by molar-refractivity contribution is 7.92. The van der Waals surface area contributed by atoms with E-state index in [0.717, 1.165) is 19.3 Å². The summed E-state index contributed by atoms with van der Waals surface area (Å²) in [6.45, 7) is 4.89. The summed E-state index contributed by atoms with van der Waals surface area (Å²) >= 11 is 0. The number of unbranched alkanes of at least 4 members (excludes halogenated alkanes) is 1. The average Bonchev–Trinajstić information content (AvgIpc) is 2.20. The molecule has 0 spiro atoms. The molecule has 0 aliphatic rings. The Hall–Kier alpha value is 0.0600. The molecule has 0 fully saturated rings. The molecule has 104 valence electrons. The zero-order valence-electron chi connectivity index (χ0n) is 11.1. The van der Waals surface area contributed by atoms with Crippen LogP contribution in [0, 0.1) is 5.41 Å². The normalized spacial score (nSPS) is 14.8. The number of nitrogens with two attached hydrogens (primary N) is 1. The lowest BCUT2D eigenvalue weighted by Gasteiger charge is -2.21. The molecule has 0 aromatic carbocycles. The molecule has 0 radical (unpaired) electrons. The van der Waals surface area contributed by atoms with Gasteiger partial charge in [0.25, 0.3) is 0 Å². The topological polar surface area (TPSA) is 77.2 Å². The predicted octanol–water partition coefficient (Wildman–Crippen LogP) is 0.935. The van der Waals surface area contributed by atoms with Crippen LogP contribution in [0.15, 0.2) is 0 Å². The Morgan fingerprint density at radius 2 is 1.76 bits per heavy atom. The van der Waals surface area contributed by atoms with Crippen LogP contribution in [0.25, 0.3) is 0 Å². The second kappa shape index (κ2) is 7.48. The fourth-order valence-corrected chi connectivity index (χ4v) is 4.00. The van der Waals surface area contributed by atoms with Gasteiger partial charge in [0.15, 0.2) is 0 Å². The summed E-state index contributed by atoms with van der Waals surface area (Å²) in [6.07, 6.45) is 4.06. The summed E-state index contributed by atoms with van der Waals surface area (Å²) < 4.78 is 33.3. The molecular formula is C11H25NO3S2. The van der Waals surface area contributed by atoms with Crippen molar-refractivity contribution in [1.82, 2.24) is 0 Å². The lowest BCUT2D eigenvalue weighted by molar-refractivity contribution is 0.336. The minimum atomic E-state index is -2.99. The molecule has 4 nitrogen and oxygen atoms in total. The van der Waals surface area contributed by atoms with E-state index in [0.29, 0.717) is 12.3 Å². The average molecular weight is 283 g/mol. The standard InChI is InChI=1S/C11H25NO3S2/c1-11(2,10-12)6-4-5-7-16(13)8-9-17(3,14)15/h4-10,12H2,1-3H3. The van der Waals surface area contributed by atoms with E-state index in [2.05, 4.69) is 13.8 Å². The largest absolute Gasteiger partial charge is 0.330 e. The third-order valence-electron chi connectivity index (χ3n) is 2.71. The van der Waals surface area contributed by atoms with Gasteiger partial charge in [0, 0.05) is 28.6 Å². The minimum Gasteiger partial charge on any atom is -0.330 e. The summed E-state index contributed by atoms with van der Waals surface area (Å²) in [5.74, 6) is 0.878. The molecule has 0 saturated heterocycles. The van der Waals surface area contributed by atoms with Crippen molar-refractivity contribution < 1.29 is 12.6 Å². The molecule has 0 saturated carbocycles. The predicted molar refractivity (Wildman–Crippen MR) is 74.3 cm³/mol. The van der Waals surface area contributed by atoms with E-state index in [4.69, 9.17) is 5.73 Å². The highest BCUT2D eigenvalue weighted by Crippen LogP contribution is 2.21. The molecule has 6 heteroatoms.